The van der Waals surface area contributed by atoms with Gasteiger partial charge in [-0.15, -0.1) is 0 Å². The molecule has 2 aromatic heterocycles. The van der Waals surface area contributed by atoms with E-state index in [9.17, 15) is 9.59 Å². The molecule has 2 aromatic rings. The monoisotopic (exact) mass is 387 g/mol. The van der Waals surface area contributed by atoms with Crippen LogP contribution in [0, 0.1) is 6.92 Å². The zero-order valence-corrected chi connectivity index (χ0v) is 15.8. The number of anilines is 3. The first-order chi connectivity index (χ1) is 13.0. The highest BCUT2D eigenvalue weighted by molar-refractivity contribution is 7.10. The average molecular weight is 387 g/mol. The number of carbonyl (C=O) groups excluding carboxylic acids is 2. The van der Waals surface area contributed by atoms with Gasteiger partial charge in [0.05, 0.1) is 11.9 Å². The Hall–Kier alpha value is -3.01. The number of nitrogens with two attached hydrogens (primary N) is 1. The van der Waals surface area contributed by atoms with Crippen molar-refractivity contribution < 1.29 is 9.59 Å². The molecule has 1 fully saturated rings. The Morgan fingerprint density at radius 2 is 2.30 bits per heavy atom. The summed E-state index contributed by atoms with van der Waals surface area (Å²) in [5, 5.41) is 6.74. The first-order valence-electron chi connectivity index (χ1n) is 8.51. The van der Waals surface area contributed by atoms with Gasteiger partial charge in [0.25, 0.3) is 5.91 Å². The first kappa shape index (κ1) is 18.8. The van der Waals surface area contributed by atoms with Crippen molar-refractivity contribution in [3.05, 3.63) is 36.3 Å². The molecule has 0 saturated carbocycles. The highest BCUT2D eigenvalue weighted by Gasteiger charge is 2.23. The molecule has 27 heavy (non-hydrogen) atoms. The number of hydrogen-bond acceptors (Lipinski definition) is 8. The van der Waals surface area contributed by atoms with E-state index in [-0.39, 0.29) is 17.6 Å². The Morgan fingerprint density at radius 3 is 2.96 bits per heavy atom. The minimum atomic E-state index is -0.660. The number of nitrogens with one attached hydrogen (secondary N) is 2. The minimum absolute atomic E-state index is 0.00224. The molecule has 3 rings (SSSR count). The molecule has 1 atom stereocenters. The summed E-state index contributed by atoms with van der Waals surface area (Å²) in [5.41, 5.74) is 6.36. The van der Waals surface area contributed by atoms with Gasteiger partial charge in [-0.25, -0.2) is 9.97 Å². The number of aryl methyl sites for hydroxylation is 1. The third-order valence-corrected chi connectivity index (χ3v) is 4.94. The molecule has 0 aromatic carbocycles. The van der Waals surface area contributed by atoms with Gasteiger partial charge in [-0.3, -0.25) is 9.59 Å². The number of amides is 2. The quantitative estimate of drug-likeness (QED) is 0.639. The summed E-state index contributed by atoms with van der Waals surface area (Å²) in [4.78, 5) is 34.0. The number of primary amides is 1. The SMILES string of the molecule is C=CC(=O)N[C@H]1CCCN(c2cnc(C(N)=O)c(Nc3cc(C)ns3)n2)C1. The number of aromatic nitrogens is 3. The van der Waals surface area contributed by atoms with Crippen LogP contribution in [0.15, 0.2) is 24.9 Å². The van der Waals surface area contributed by atoms with Crippen LogP contribution in [0.2, 0.25) is 0 Å². The number of nitrogens with zero attached hydrogens (tertiary/aromatic N) is 4. The topological polar surface area (TPSA) is 126 Å². The zero-order valence-electron chi connectivity index (χ0n) is 14.9. The summed E-state index contributed by atoms with van der Waals surface area (Å²) in [6, 6.07) is 1.85. The van der Waals surface area contributed by atoms with Crippen LogP contribution in [0.5, 0.6) is 0 Å². The molecule has 2 amide bonds. The fourth-order valence-corrected chi connectivity index (χ4v) is 3.56. The second-order valence-corrected chi connectivity index (χ2v) is 7.05. The summed E-state index contributed by atoms with van der Waals surface area (Å²) in [6.07, 6.45) is 4.58. The summed E-state index contributed by atoms with van der Waals surface area (Å²) in [6.45, 7) is 6.74. The van der Waals surface area contributed by atoms with Crippen LogP contribution < -0.4 is 21.3 Å². The van der Waals surface area contributed by atoms with Gasteiger partial charge in [-0.1, -0.05) is 6.58 Å². The fraction of sp³-hybridized carbons (Fsp3) is 0.353. The van der Waals surface area contributed by atoms with Gasteiger partial charge in [-0.2, -0.15) is 4.37 Å². The predicted octanol–water partition coefficient (Wildman–Crippen LogP) is 1.36. The molecule has 3 heterocycles. The largest absolute Gasteiger partial charge is 0.364 e. The maximum atomic E-state index is 11.7. The molecule has 0 aliphatic carbocycles. The molecular formula is C17H21N7O2S. The average Bonchev–Trinajstić information content (AvgIpc) is 3.06. The van der Waals surface area contributed by atoms with Gasteiger partial charge in [0, 0.05) is 19.1 Å². The first-order valence-corrected chi connectivity index (χ1v) is 9.28. The highest BCUT2D eigenvalue weighted by atomic mass is 32.1. The van der Waals surface area contributed by atoms with E-state index in [0.29, 0.717) is 18.2 Å². The summed E-state index contributed by atoms with van der Waals surface area (Å²) >= 11 is 1.26. The summed E-state index contributed by atoms with van der Waals surface area (Å²) < 4.78 is 4.20. The molecule has 0 radical (unpaired) electrons. The Bertz CT molecular complexity index is 867. The Morgan fingerprint density at radius 1 is 1.48 bits per heavy atom. The van der Waals surface area contributed by atoms with Gasteiger partial charge < -0.3 is 21.3 Å². The van der Waals surface area contributed by atoms with E-state index in [1.165, 1.54) is 23.8 Å². The van der Waals surface area contributed by atoms with Crippen LogP contribution in [-0.2, 0) is 4.79 Å². The van der Waals surface area contributed by atoms with Gasteiger partial charge >= 0.3 is 0 Å². The third kappa shape index (κ3) is 4.59. The van der Waals surface area contributed by atoms with Crippen LogP contribution in [-0.4, -0.2) is 45.3 Å². The van der Waals surface area contributed by atoms with E-state index in [1.54, 1.807) is 0 Å². The van der Waals surface area contributed by atoms with Crippen LogP contribution in [0.25, 0.3) is 0 Å². The molecule has 0 unspecified atom stereocenters. The maximum Gasteiger partial charge on any atom is 0.271 e. The molecule has 1 aliphatic rings. The van der Waals surface area contributed by atoms with Crippen molar-refractivity contribution in [1.29, 1.82) is 0 Å². The molecule has 1 aliphatic heterocycles. The molecule has 1 saturated heterocycles. The number of rotatable bonds is 6. The number of hydrogen-bond donors (Lipinski definition) is 3. The lowest BCUT2D eigenvalue weighted by Crippen LogP contribution is -2.47. The van der Waals surface area contributed by atoms with E-state index >= 15 is 0 Å². The van der Waals surface area contributed by atoms with Crippen molar-refractivity contribution in [1.82, 2.24) is 19.7 Å². The molecule has 10 heteroatoms. The highest BCUT2D eigenvalue weighted by Crippen LogP contribution is 2.25. The van der Waals surface area contributed by atoms with E-state index in [0.717, 1.165) is 30.1 Å². The summed E-state index contributed by atoms with van der Waals surface area (Å²) in [7, 11) is 0. The van der Waals surface area contributed by atoms with Crippen molar-refractivity contribution >= 4 is 40.0 Å². The van der Waals surface area contributed by atoms with Gasteiger partial charge in [0.2, 0.25) is 5.91 Å². The Kier molecular flexibility index (Phi) is 5.65. The molecule has 0 spiro atoms. The van der Waals surface area contributed by atoms with Crippen LogP contribution >= 0.6 is 11.5 Å². The summed E-state index contributed by atoms with van der Waals surface area (Å²) in [5.74, 6) is 0.0506. The molecular weight excluding hydrogens is 366 g/mol. The fourth-order valence-electron chi connectivity index (χ4n) is 2.90. The third-order valence-electron chi connectivity index (χ3n) is 4.14. The van der Waals surface area contributed by atoms with E-state index in [4.69, 9.17) is 5.73 Å². The zero-order chi connectivity index (χ0) is 19.4. The van der Waals surface area contributed by atoms with E-state index in [2.05, 4.69) is 31.6 Å². The normalized spacial score (nSPS) is 16.6. The van der Waals surface area contributed by atoms with Crippen molar-refractivity contribution in [2.45, 2.75) is 25.8 Å². The predicted molar refractivity (Wildman–Crippen MR) is 104 cm³/mol. The van der Waals surface area contributed by atoms with E-state index in [1.807, 2.05) is 17.9 Å². The van der Waals surface area contributed by atoms with Crippen molar-refractivity contribution in [3.8, 4) is 0 Å². The van der Waals surface area contributed by atoms with Crippen LogP contribution in [0.1, 0.15) is 29.0 Å². The molecule has 4 N–H and O–H groups in total. The van der Waals surface area contributed by atoms with Crippen molar-refractivity contribution in [2.24, 2.45) is 5.73 Å². The minimum Gasteiger partial charge on any atom is -0.364 e. The lowest BCUT2D eigenvalue weighted by Gasteiger charge is -2.33. The second-order valence-electron chi connectivity index (χ2n) is 6.25. The molecule has 9 nitrogen and oxygen atoms in total. The maximum absolute atomic E-state index is 11.7. The molecule has 142 valence electrons. The van der Waals surface area contributed by atoms with Crippen LogP contribution in [0.3, 0.4) is 0 Å². The Balaban J connectivity index is 1.82. The van der Waals surface area contributed by atoms with Crippen molar-refractivity contribution in [2.75, 3.05) is 23.3 Å². The van der Waals surface area contributed by atoms with E-state index < -0.39 is 5.91 Å². The van der Waals surface area contributed by atoms with Crippen LogP contribution in [0.4, 0.5) is 16.6 Å². The molecule has 0 bridgehead atoms. The van der Waals surface area contributed by atoms with Gasteiger partial charge in [0.15, 0.2) is 11.5 Å². The lowest BCUT2D eigenvalue weighted by molar-refractivity contribution is -0.117. The second kappa shape index (κ2) is 8.12. The van der Waals surface area contributed by atoms with Crippen molar-refractivity contribution in [3.63, 3.8) is 0 Å². The number of piperidine rings is 1. The lowest BCUT2D eigenvalue weighted by atomic mass is 10.1. The Labute approximate surface area is 160 Å². The standard InChI is InChI=1S/C17H21N7O2S/c1-3-13(25)20-11-5-4-6-24(9-11)12-8-19-15(16(18)26)17(21-12)22-14-7-10(2)23-27-14/h3,7-8,11H,1,4-6,9H2,2H3,(H2,18,26)(H,20,25)(H,21,22)/t11-/m0/s1. The smallest absolute Gasteiger partial charge is 0.271 e. The van der Waals surface area contributed by atoms with Gasteiger partial charge in [-0.05, 0) is 43.4 Å². The van der Waals surface area contributed by atoms with Gasteiger partial charge in [0.1, 0.15) is 10.8 Å². The number of carbonyl (C=O) groups is 2.